The molecule has 0 aliphatic rings. The van der Waals surface area contributed by atoms with Gasteiger partial charge in [-0.15, -0.1) is 0 Å². The summed E-state index contributed by atoms with van der Waals surface area (Å²) < 4.78 is 0. The highest BCUT2D eigenvalue weighted by Crippen LogP contribution is 2.31. The number of nitro groups is 2. The molecule has 0 radical (unpaired) electrons. The van der Waals surface area contributed by atoms with E-state index in [-0.39, 0.29) is 28.0 Å². The third kappa shape index (κ3) is 5.34. The van der Waals surface area contributed by atoms with E-state index in [4.69, 9.17) is 11.6 Å². The molecule has 0 unspecified atom stereocenters. The van der Waals surface area contributed by atoms with Crippen molar-refractivity contribution in [3.05, 3.63) is 85.2 Å². The number of amides is 1. The van der Waals surface area contributed by atoms with Crippen molar-refractivity contribution in [2.75, 3.05) is 10.7 Å². The van der Waals surface area contributed by atoms with Gasteiger partial charge in [-0.25, -0.2) is 9.97 Å². The second kappa shape index (κ2) is 9.65. The first-order chi connectivity index (χ1) is 15.7. The molecule has 0 fully saturated rings. The maximum atomic E-state index is 12.4. The van der Waals surface area contributed by atoms with Gasteiger partial charge in [-0.2, -0.15) is 0 Å². The Morgan fingerprint density at radius 2 is 1.58 bits per heavy atom. The molecule has 2 aromatic carbocycles. The first kappa shape index (κ1) is 23.0. The second-order valence-corrected chi connectivity index (χ2v) is 6.84. The fourth-order valence-corrected chi connectivity index (χ4v) is 2.83. The predicted molar refractivity (Wildman–Crippen MR) is 118 cm³/mol. The predicted octanol–water partition coefficient (Wildman–Crippen LogP) is 3.65. The van der Waals surface area contributed by atoms with Gasteiger partial charge >= 0.3 is 5.69 Å². The van der Waals surface area contributed by atoms with Crippen LogP contribution in [0.3, 0.4) is 0 Å². The molecule has 3 N–H and O–H groups in total. The number of ketones is 1. The Balaban J connectivity index is 1.82. The van der Waals surface area contributed by atoms with Crippen LogP contribution in [0.15, 0.2) is 48.8 Å². The van der Waals surface area contributed by atoms with E-state index in [9.17, 15) is 29.8 Å². The number of nitro benzene ring substituents is 1. The third-order valence-electron chi connectivity index (χ3n) is 4.26. The van der Waals surface area contributed by atoms with Crippen molar-refractivity contribution in [3.8, 4) is 0 Å². The van der Waals surface area contributed by atoms with Crippen LogP contribution in [0.1, 0.15) is 27.6 Å². The summed E-state index contributed by atoms with van der Waals surface area (Å²) in [5.41, 5.74) is 4.25. The molecule has 1 aromatic heterocycles. The maximum absolute atomic E-state index is 12.4. The summed E-state index contributed by atoms with van der Waals surface area (Å²) in [5.74, 6) is -1.47. The van der Waals surface area contributed by atoms with Gasteiger partial charge in [0.15, 0.2) is 5.78 Å². The largest absolute Gasteiger partial charge is 0.355 e. The molecule has 13 nitrogen and oxygen atoms in total. The average Bonchev–Trinajstić information content (AvgIpc) is 2.77. The van der Waals surface area contributed by atoms with Crippen LogP contribution in [0.2, 0.25) is 5.02 Å². The van der Waals surface area contributed by atoms with Crippen molar-refractivity contribution in [3.63, 3.8) is 0 Å². The lowest BCUT2D eigenvalue weighted by Gasteiger charge is -2.11. The normalized spacial score (nSPS) is 10.2. The lowest BCUT2D eigenvalue weighted by atomic mass is 10.1. The number of Topliss-reactive ketones (excluding diaryl/α,β-unsaturated/α-hetero) is 1. The summed E-state index contributed by atoms with van der Waals surface area (Å²) in [6, 6.07) is 9.57. The Hall–Kier alpha value is -4.65. The van der Waals surface area contributed by atoms with Gasteiger partial charge in [0.1, 0.15) is 11.3 Å². The van der Waals surface area contributed by atoms with Crippen molar-refractivity contribution >= 4 is 52.0 Å². The molecule has 0 saturated carbocycles. The van der Waals surface area contributed by atoms with Crippen LogP contribution in [0, 0.1) is 20.2 Å². The standard InChI is InChI=1S/C19H14ClN7O6/c1-10(28)11-2-5-13(6-3-11)23-17-16(27(32)33)18(22-9-21-17)24-25-19(29)12-4-7-14(20)15(8-12)26(30)31/h2-9H,1H3,(H,25,29)(H2,21,22,23,24). The minimum absolute atomic E-state index is 0.112. The molecule has 0 saturated heterocycles. The van der Waals surface area contributed by atoms with Gasteiger partial charge in [-0.05, 0) is 43.3 Å². The fourth-order valence-electron chi connectivity index (χ4n) is 2.64. The highest BCUT2D eigenvalue weighted by atomic mass is 35.5. The van der Waals surface area contributed by atoms with Gasteiger partial charge in [0.25, 0.3) is 11.6 Å². The number of carbonyl (C=O) groups is 2. The van der Waals surface area contributed by atoms with Gasteiger partial charge in [-0.1, -0.05) is 11.6 Å². The summed E-state index contributed by atoms with van der Waals surface area (Å²) in [6.07, 6.45) is 1.03. The number of halogens is 1. The van der Waals surface area contributed by atoms with E-state index >= 15 is 0 Å². The van der Waals surface area contributed by atoms with Crippen LogP contribution in [0.25, 0.3) is 0 Å². The third-order valence-corrected chi connectivity index (χ3v) is 4.58. The van der Waals surface area contributed by atoms with Crippen LogP contribution in [-0.4, -0.2) is 31.5 Å². The Morgan fingerprint density at radius 3 is 2.18 bits per heavy atom. The second-order valence-electron chi connectivity index (χ2n) is 6.44. The number of hydrazine groups is 1. The molecule has 33 heavy (non-hydrogen) atoms. The van der Waals surface area contributed by atoms with Crippen LogP contribution < -0.4 is 16.2 Å². The van der Waals surface area contributed by atoms with Crippen molar-refractivity contribution in [2.45, 2.75) is 6.92 Å². The fraction of sp³-hybridized carbons (Fsp3) is 0.0526. The molecule has 14 heteroatoms. The molecule has 3 aromatic rings. The molecule has 168 valence electrons. The van der Waals surface area contributed by atoms with Gasteiger partial charge in [-0.3, -0.25) is 40.7 Å². The zero-order valence-corrected chi connectivity index (χ0v) is 17.5. The molecule has 1 heterocycles. The van der Waals surface area contributed by atoms with E-state index in [2.05, 4.69) is 26.1 Å². The zero-order chi connectivity index (χ0) is 24.1. The minimum Gasteiger partial charge on any atom is -0.334 e. The topological polar surface area (TPSA) is 182 Å². The average molecular weight is 472 g/mol. The number of nitrogens with one attached hydrogen (secondary N) is 3. The van der Waals surface area contributed by atoms with Gasteiger partial charge in [0, 0.05) is 22.9 Å². The zero-order valence-electron chi connectivity index (χ0n) is 16.7. The Labute approximate surface area is 190 Å². The van der Waals surface area contributed by atoms with E-state index in [0.717, 1.165) is 12.4 Å². The van der Waals surface area contributed by atoms with Crippen LogP contribution in [-0.2, 0) is 0 Å². The van der Waals surface area contributed by atoms with Gasteiger partial charge < -0.3 is 5.32 Å². The smallest absolute Gasteiger partial charge is 0.334 e. The molecule has 0 spiro atoms. The number of rotatable bonds is 8. The number of anilines is 3. The van der Waals surface area contributed by atoms with E-state index < -0.39 is 27.1 Å². The van der Waals surface area contributed by atoms with Crippen LogP contribution in [0.5, 0.6) is 0 Å². The Bertz CT molecular complexity index is 1270. The SMILES string of the molecule is CC(=O)c1ccc(Nc2ncnc(NNC(=O)c3ccc(Cl)c([N+](=O)[O-])c3)c2[N+](=O)[O-])cc1. The molecule has 0 atom stereocenters. The minimum atomic E-state index is -0.822. The summed E-state index contributed by atoms with van der Waals surface area (Å²) in [6.45, 7) is 1.41. The van der Waals surface area contributed by atoms with E-state index in [1.54, 1.807) is 24.3 Å². The molecule has 0 aliphatic carbocycles. The monoisotopic (exact) mass is 471 g/mol. The number of hydrogen-bond acceptors (Lipinski definition) is 10. The molecule has 3 rings (SSSR count). The molecule has 0 bridgehead atoms. The summed E-state index contributed by atoms with van der Waals surface area (Å²) in [4.78, 5) is 52.5. The van der Waals surface area contributed by atoms with Crippen molar-refractivity contribution in [1.82, 2.24) is 15.4 Å². The maximum Gasteiger partial charge on any atom is 0.355 e. The quantitative estimate of drug-likeness (QED) is 0.249. The van der Waals surface area contributed by atoms with Gasteiger partial charge in [0.2, 0.25) is 11.6 Å². The van der Waals surface area contributed by atoms with Crippen LogP contribution in [0.4, 0.5) is 28.7 Å². The number of nitrogens with zero attached hydrogens (tertiary/aromatic N) is 4. The lowest BCUT2D eigenvalue weighted by Crippen LogP contribution is -2.30. The van der Waals surface area contributed by atoms with E-state index in [0.29, 0.717) is 11.3 Å². The van der Waals surface area contributed by atoms with E-state index in [1.165, 1.54) is 19.1 Å². The Morgan fingerprint density at radius 1 is 0.939 bits per heavy atom. The highest BCUT2D eigenvalue weighted by Gasteiger charge is 2.24. The molecule has 1 amide bonds. The molecular weight excluding hydrogens is 458 g/mol. The molecule has 0 aliphatic heterocycles. The Kier molecular flexibility index (Phi) is 6.74. The summed E-state index contributed by atoms with van der Waals surface area (Å²) in [5, 5.41) is 25.2. The number of carbonyl (C=O) groups excluding carboxylic acids is 2. The summed E-state index contributed by atoms with van der Waals surface area (Å²) >= 11 is 5.73. The number of aromatic nitrogens is 2. The number of hydrogen-bond donors (Lipinski definition) is 3. The van der Waals surface area contributed by atoms with Crippen LogP contribution >= 0.6 is 11.6 Å². The highest BCUT2D eigenvalue weighted by molar-refractivity contribution is 6.32. The van der Waals surface area contributed by atoms with Crippen molar-refractivity contribution in [1.29, 1.82) is 0 Å². The lowest BCUT2D eigenvalue weighted by molar-refractivity contribution is -0.384. The summed E-state index contributed by atoms with van der Waals surface area (Å²) in [7, 11) is 0. The number of benzene rings is 2. The van der Waals surface area contributed by atoms with Crippen molar-refractivity contribution in [2.24, 2.45) is 0 Å². The molecular formula is C19H14ClN7O6. The first-order valence-electron chi connectivity index (χ1n) is 9.05. The van der Waals surface area contributed by atoms with Crippen molar-refractivity contribution < 1.29 is 19.4 Å². The van der Waals surface area contributed by atoms with Gasteiger partial charge in [0.05, 0.1) is 9.85 Å². The first-order valence-corrected chi connectivity index (χ1v) is 9.43. The van der Waals surface area contributed by atoms with E-state index in [1.807, 2.05) is 0 Å².